The van der Waals surface area contributed by atoms with Gasteiger partial charge in [-0.2, -0.15) is 0 Å². The van der Waals surface area contributed by atoms with E-state index in [0.29, 0.717) is 18.5 Å². The lowest BCUT2D eigenvalue weighted by atomic mass is 10.1. The Balaban J connectivity index is 1.92. The normalized spacial score (nSPS) is 10.4. The minimum Gasteiger partial charge on any atom is -0.483 e. The number of nitrogens with one attached hydrogen (secondary N) is 1. The van der Waals surface area contributed by atoms with Crippen molar-refractivity contribution in [2.45, 2.75) is 26.7 Å². The Bertz CT molecular complexity index is 811. The van der Waals surface area contributed by atoms with Gasteiger partial charge in [0.05, 0.1) is 0 Å². The van der Waals surface area contributed by atoms with E-state index in [4.69, 9.17) is 4.74 Å². The van der Waals surface area contributed by atoms with Crippen LogP contribution in [0.2, 0.25) is 0 Å². The third-order valence-corrected chi connectivity index (χ3v) is 4.57. The van der Waals surface area contributed by atoms with E-state index in [0.717, 1.165) is 26.9 Å². The second-order valence-electron chi connectivity index (χ2n) is 6.69. The van der Waals surface area contributed by atoms with Gasteiger partial charge in [-0.25, -0.2) is 0 Å². The topological polar surface area (TPSA) is 58.6 Å². The first kappa shape index (κ1) is 21.0. The molecule has 0 aliphatic carbocycles. The van der Waals surface area contributed by atoms with E-state index in [1.54, 1.807) is 19.0 Å². The summed E-state index contributed by atoms with van der Waals surface area (Å²) in [4.78, 5) is 25.5. The molecular formula is C21H25BrN2O3. The molecule has 0 bridgehead atoms. The fourth-order valence-corrected chi connectivity index (χ4v) is 3.43. The highest BCUT2D eigenvalue weighted by Crippen LogP contribution is 2.27. The number of carbonyl (C=O) groups excluding carboxylic acids is 2. The minimum atomic E-state index is -0.224. The third kappa shape index (κ3) is 6.40. The quantitative estimate of drug-likeness (QED) is 0.715. The van der Waals surface area contributed by atoms with Crippen LogP contribution in [0.25, 0.3) is 0 Å². The summed E-state index contributed by atoms with van der Waals surface area (Å²) >= 11 is 3.45. The van der Waals surface area contributed by atoms with Crippen molar-refractivity contribution < 1.29 is 14.3 Å². The SMILES string of the molecule is Cc1cc(Br)cc(C)c1OCC(=O)Nc1cccc(CCC(=O)N(C)C)c1. The van der Waals surface area contributed by atoms with Gasteiger partial charge in [0.1, 0.15) is 5.75 Å². The number of hydrogen-bond acceptors (Lipinski definition) is 3. The van der Waals surface area contributed by atoms with Crippen LogP contribution in [-0.2, 0) is 16.0 Å². The fraction of sp³-hybridized carbons (Fsp3) is 0.333. The van der Waals surface area contributed by atoms with Crippen molar-refractivity contribution in [3.05, 3.63) is 57.6 Å². The standard InChI is InChI=1S/C21H25BrN2O3/c1-14-10-17(22)11-15(2)21(14)27-13-19(25)23-18-7-5-6-16(12-18)8-9-20(26)24(3)4/h5-7,10-12H,8-9,13H2,1-4H3,(H,23,25). The van der Waals surface area contributed by atoms with E-state index in [1.807, 2.05) is 50.2 Å². The molecule has 0 aliphatic rings. The summed E-state index contributed by atoms with van der Waals surface area (Å²) in [7, 11) is 3.49. The summed E-state index contributed by atoms with van der Waals surface area (Å²) in [6.07, 6.45) is 1.07. The number of carbonyl (C=O) groups is 2. The van der Waals surface area contributed by atoms with Crippen molar-refractivity contribution >= 4 is 33.4 Å². The molecule has 0 spiro atoms. The van der Waals surface area contributed by atoms with Crippen molar-refractivity contribution in [2.75, 3.05) is 26.0 Å². The van der Waals surface area contributed by atoms with Crippen molar-refractivity contribution in [1.29, 1.82) is 0 Å². The number of nitrogens with zero attached hydrogens (tertiary/aromatic N) is 1. The Labute approximate surface area is 168 Å². The molecule has 2 amide bonds. The molecule has 0 radical (unpaired) electrons. The van der Waals surface area contributed by atoms with Crippen molar-refractivity contribution in [3.8, 4) is 5.75 Å². The smallest absolute Gasteiger partial charge is 0.262 e. The average molecular weight is 433 g/mol. The zero-order valence-electron chi connectivity index (χ0n) is 16.1. The molecule has 0 saturated carbocycles. The molecule has 0 heterocycles. The summed E-state index contributed by atoms with van der Waals surface area (Å²) < 4.78 is 6.69. The molecule has 0 unspecified atom stereocenters. The molecule has 5 nitrogen and oxygen atoms in total. The first-order valence-electron chi connectivity index (χ1n) is 8.74. The number of benzene rings is 2. The lowest BCUT2D eigenvalue weighted by Gasteiger charge is -2.13. The van der Waals surface area contributed by atoms with Gasteiger partial charge < -0.3 is 15.0 Å². The van der Waals surface area contributed by atoms with Gasteiger partial charge in [0, 0.05) is 30.7 Å². The van der Waals surface area contributed by atoms with Crippen molar-refractivity contribution in [3.63, 3.8) is 0 Å². The van der Waals surface area contributed by atoms with Gasteiger partial charge in [0.2, 0.25) is 5.91 Å². The van der Waals surface area contributed by atoms with E-state index >= 15 is 0 Å². The first-order valence-corrected chi connectivity index (χ1v) is 9.54. The second-order valence-corrected chi connectivity index (χ2v) is 7.61. The summed E-state index contributed by atoms with van der Waals surface area (Å²) in [5, 5.41) is 2.84. The zero-order valence-corrected chi connectivity index (χ0v) is 17.7. The van der Waals surface area contributed by atoms with Crippen LogP contribution < -0.4 is 10.1 Å². The summed E-state index contributed by atoms with van der Waals surface area (Å²) in [6, 6.07) is 11.4. The first-order chi connectivity index (χ1) is 12.8. The molecule has 27 heavy (non-hydrogen) atoms. The molecule has 0 saturated heterocycles. The molecule has 144 valence electrons. The summed E-state index contributed by atoms with van der Waals surface area (Å²) in [6.45, 7) is 3.83. The molecule has 6 heteroatoms. The number of halogens is 1. The van der Waals surface area contributed by atoms with Crippen LogP contribution >= 0.6 is 15.9 Å². The van der Waals surface area contributed by atoms with Gasteiger partial charge in [-0.1, -0.05) is 28.1 Å². The molecule has 2 aromatic carbocycles. The van der Waals surface area contributed by atoms with Crippen LogP contribution in [0.5, 0.6) is 5.75 Å². The monoisotopic (exact) mass is 432 g/mol. The van der Waals surface area contributed by atoms with Crippen LogP contribution in [0.15, 0.2) is 40.9 Å². The van der Waals surface area contributed by atoms with E-state index in [2.05, 4.69) is 21.2 Å². The molecule has 1 N–H and O–H groups in total. The van der Waals surface area contributed by atoms with Gasteiger partial charge in [-0.3, -0.25) is 9.59 Å². The fourth-order valence-electron chi connectivity index (χ4n) is 2.74. The number of rotatable bonds is 7. The number of ether oxygens (including phenoxy) is 1. The maximum Gasteiger partial charge on any atom is 0.262 e. The summed E-state index contributed by atoms with van der Waals surface area (Å²) in [5.74, 6) is 0.584. The van der Waals surface area contributed by atoms with Gasteiger partial charge in [0.25, 0.3) is 5.91 Å². The summed E-state index contributed by atoms with van der Waals surface area (Å²) in [5.41, 5.74) is 3.65. The molecule has 2 aromatic rings. The van der Waals surface area contributed by atoms with Crippen LogP contribution in [0.4, 0.5) is 5.69 Å². The van der Waals surface area contributed by atoms with Crippen LogP contribution in [-0.4, -0.2) is 37.4 Å². The zero-order chi connectivity index (χ0) is 20.0. The molecule has 0 aromatic heterocycles. The van der Waals surface area contributed by atoms with Crippen molar-refractivity contribution in [2.24, 2.45) is 0 Å². The number of anilines is 1. The van der Waals surface area contributed by atoms with Gasteiger partial charge in [-0.15, -0.1) is 0 Å². The third-order valence-electron chi connectivity index (χ3n) is 4.11. The van der Waals surface area contributed by atoms with Gasteiger partial charge in [-0.05, 0) is 61.2 Å². The van der Waals surface area contributed by atoms with Crippen LogP contribution in [0.1, 0.15) is 23.1 Å². The molecular weight excluding hydrogens is 408 g/mol. The van der Waals surface area contributed by atoms with Crippen LogP contribution in [0.3, 0.4) is 0 Å². The lowest BCUT2D eigenvalue weighted by molar-refractivity contribution is -0.128. The highest BCUT2D eigenvalue weighted by atomic mass is 79.9. The molecule has 0 aliphatic heterocycles. The maximum atomic E-state index is 12.2. The van der Waals surface area contributed by atoms with Crippen LogP contribution in [0, 0.1) is 13.8 Å². The largest absolute Gasteiger partial charge is 0.483 e. The second kappa shape index (κ2) is 9.55. The van der Waals surface area contributed by atoms with E-state index < -0.39 is 0 Å². The maximum absolute atomic E-state index is 12.2. The van der Waals surface area contributed by atoms with E-state index in [-0.39, 0.29) is 18.4 Å². The predicted molar refractivity (Wildman–Crippen MR) is 111 cm³/mol. The highest BCUT2D eigenvalue weighted by molar-refractivity contribution is 9.10. The number of aryl methyl sites for hydroxylation is 3. The Morgan fingerprint density at radius 2 is 1.78 bits per heavy atom. The molecule has 2 rings (SSSR count). The molecule has 0 atom stereocenters. The Hall–Kier alpha value is -2.34. The van der Waals surface area contributed by atoms with E-state index in [1.165, 1.54) is 0 Å². The Kier molecular flexibility index (Phi) is 7.42. The Morgan fingerprint density at radius 3 is 2.41 bits per heavy atom. The lowest BCUT2D eigenvalue weighted by Crippen LogP contribution is -2.22. The Morgan fingerprint density at radius 1 is 1.11 bits per heavy atom. The predicted octanol–water partition coefficient (Wildman–Crippen LogP) is 4.10. The van der Waals surface area contributed by atoms with Crippen molar-refractivity contribution in [1.82, 2.24) is 4.90 Å². The number of hydrogen-bond donors (Lipinski definition) is 1. The van der Waals surface area contributed by atoms with Gasteiger partial charge in [0.15, 0.2) is 6.61 Å². The number of amides is 2. The van der Waals surface area contributed by atoms with Gasteiger partial charge >= 0.3 is 0 Å². The minimum absolute atomic E-state index is 0.0628. The van der Waals surface area contributed by atoms with E-state index in [9.17, 15) is 9.59 Å². The molecule has 0 fully saturated rings. The average Bonchev–Trinajstić information content (AvgIpc) is 2.58. The highest BCUT2D eigenvalue weighted by Gasteiger charge is 2.10.